The van der Waals surface area contributed by atoms with Gasteiger partial charge in [-0.25, -0.2) is 0 Å². The zero-order valence-corrected chi connectivity index (χ0v) is 8.76. The average Bonchev–Trinajstić information content (AvgIpc) is 2.28. The summed E-state index contributed by atoms with van der Waals surface area (Å²) >= 11 is 0. The maximum absolute atomic E-state index is 9.11. The maximum Gasteiger partial charge on any atom is 0.120 e. The molecule has 0 aliphatic heterocycles. The number of hydrogen-bond acceptors (Lipinski definition) is 3. The molecule has 0 amide bonds. The fourth-order valence-corrected chi connectivity index (χ4v) is 1.39. The molecule has 0 saturated heterocycles. The van der Waals surface area contributed by atoms with Gasteiger partial charge in [0.1, 0.15) is 18.1 Å². The molecular formula is C13H13NO2. The molecule has 0 radical (unpaired) electrons. The van der Waals surface area contributed by atoms with Gasteiger partial charge in [-0.1, -0.05) is 12.1 Å². The lowest BCUT2D eigenvalue weighted by Crippen LogP contribution is -1.96. The first-order valence-corrected chi connectivity index (χ1v) is 5.00. The third-order valence-corrected chi connectivity index (χ3v) is 2.19. The number of anilines is 1. The third-order valence-electron chi connectivity index (χ3n) is 2.19. The van der Waals surface area contributed by atoms with E-state index in [0.29, 0.717) is 6.61 Å². The van der Waals surface area contributed by atoms with Crippen molar-refractivity contribution in [1.82, 2.24) is 0 Å². The van der Waals surface area contributed by atoms with Gasteiger partial charge in [-0.2, -0.15) is 0 Å². The van der Waals surface area contributed by atoms with Crippen LogP contribution in [0.2, 0.25) is 0 Å². The molecule has 3 nitrogen and oxygen atoms in total. The van der Waals surface area contributed by atoms with Crippen molar-refractivity contribution < 1.29 is 9.84 Å². The van der Waals surface area contributed by atoms with Gasteiger partial charge in [0.05, 0.1) is 0 Å². The van der Waals surface area contributed by atoms with Gasteiger partial charge in [0.25, 0.3) is 0 Å². The molecule has 0 aromatic heterocycles. The van der Waals surface area contributed by atoms with E-state index >= 15 is 0 Å². The van der Waals surface area contributed by atoms with Crippen LogP contribution in [0, 0.1) is 0 Å². The van der Waals surface area contributed by atoms with Gasteiger partial charge >= 0.3 is 0 Å². The van der Waals surface area contributed by atoms with Crippen LogP contribution >= 0.6 is 0 Å². The second kappa shape index (κ2) is 4.57. The van der Waals surface area contributed by atoms with Gasteiger partial charge < -0.3 is 15.6 Å². The summed E-state index contributed by atoms with van der Waals surface area (Å²) in [4.78, 5) is 0. The van der Waals surface area contributed by atoms with E-state index in [1.54, 1.807) is 24.3 Å². The van der Waals surface area contributed by atoms with E-state index in [0.717, 1.165) is 17.0 Å². The molecule has 0 unspecified atom stereocenters. The first-order valence-electron chi connectivity index (χ1n) is 5.00. The van der Waals surface area contributed by atoms with Crippen LogP contribution in [-0.4, -0.2) is 5.11 Å². The Morgan fingerprint density at radius 3 is 2.50 bits per heavy atom. The Labute approximate surface area is 94.1 Å². The Morgan fingerprint density at radius 2 is 1.81 bits per heavy atom. The first-order chi connectivity index (χ1) is 7.74. The van der Waals surface area contributed by atoms with Crippen LogP contribution < -0.4 is 10.5 Å². The summed E-state index contributed by atoms with van der Waals surface area (Å²) in [5.41, 5.74) is 7.41. The smallest absolute Gasteiger partial charge is 0.120 e. The van der Waals surface area contributed by atoms with Crippen LogP contribution in [0.15, 0.2) is 48.5 Å². The van der Waals surface area contributed by atoms with E-state index in [2.05, 4.69) is 0 Å². The van der Waals surface area contributed by atoms with E-state index in [1.165, 1.54) is 0 Å². The van der Waals surface area contributed by atoms with Crippen LogP contribution in [0.1, 0.15) is 5.56 Å². The standard InChI is InChI=1S/C13H13NO2/c14-11-3-1-2-10(8-11)9-16-13-6-4-12(15)5-7-13/h1-8,15H,9,14H2. The summed E-state index contributed by atoms with van der Waals surface area (Å²) in [7, 11) is 0. The van der Waals surface area contributed by atoms with Gasteiger partial charge in [0, 0.05) is 5.69 Å². The molecule has 2 aromatic carbocycles. The van der Waals surface area contributed by atoms with E-state index < -0.39 is 0 Å². The molecule has 0 heterocycles. The predicted octanol–water partition coefficient (Wildman–Crippen LogP) is 2.55. The van der Waals surface area contributed by atoms with Gasteiger partial charge in [-0.05, 0) is 42.0 Å². The van der Waals surface area contributed by atoms with Crippen LogP contribution in [0.4, 0.5) is 5.69 Å². The fourth-order valence-electron chi connectivity index (χ4n) is 1.39. The highest BCUT2D eigenvalue weighted by atomic mass is 16.5. The molecule has 3 N–H and O–H groups in total. The Balaban J connectivity index is 1.99. The lowest BCUT2D eigenvalue weighted by molar-refractivity contribution is 0.305. The molecule has 0 bridgehead atoms. The summed E-state index contributed by atoms with van der Waals surface area (Å²) in [5, 5.41) is 9.11. The summed E-state index contributed by atoms with van der Waals surface area (Å²) in [6.45, 7) is 0.468. The van der Waals surface area contributed by atoms with E-state index in [1.807, 2.05) is 24.3 Å². The number of benzene rings is 2. The number of nitrogens with two attached hydrogens (primary N) is 1. The summed E-state index contributed by atoms with van der Waals surface area (Å²) in [6.07, 6.45) is 0. The number of ether oxygens (including phenoxy) is 1. The van der Waals surface area contributed by atoms with E-state index in [9.17, 15) is 0 Å². The van der Waals surface area contributed by atoms with Crippen molar-refractivity contribution in [3.63, 3.8) is 0 Å². The molecular weight excluding hydrogens is 202 g/mol. The van der Waals surface area contributed by atoms with Crippen LogP contribution in [-0.2, 0) is 6.61 Å². The molecule has 0 saturated carbocycles. The number of rotatable bonds is 3. The highest BCUT2D eigenvalue weighted by molar-refractivity contribution is 5.40. The van der Waals surface area contributed by atoms with Crippen molar-refractivity contribution in [1.29, 1.82) is 0 Å². The minimum Gasteiger partial charge on any atom is -0.508 e. The first kappa shape index (κ1) is 10.4. The van der Waals surface area contributed by atoms with Crippen LogP contribution in [0.5, 0.6) is 11.5 Å². The quantitative estimate of drug-likeness (QED) is 0.773. The average molecular weight is 215 g/mol. The van der Waals surface area contributed by atoms with Crippen molar-refractivity contribution in [2.75, 3.05) is 5.73 Å². The molecule has 0 aliphatic rings. The van der Waals surface area contributed by atoms with Crippen molar-refractivity contribution in [2.24, 2.45) is 0 Å². The van der Waals surface area contributed by atoms with Gasteiger partial charge in [0.2, 0.25) is 0 Å². The second-order valence-corrected chi connectivity index (χ2v) is 3.53. The third kappa shape index (κ3) is 2.67. The fraction of sp³-hybridized carbons (Fsp3) is 0.0769. The summed E-state index contributed by atoms with van der Waals surface area (Å²) in [5.74, 6) is 0.955. The topological polar surface area (TPSA) is 55.5 Å². The van der Waals surface area contributed by atoms with Crippen LogP contribution in [0.25, 0.3) is 0 Å². The number of phenols is 1. The number of hydrogen-bond donors (Lipinski definition) is 2. The zero-order valence-electron chi connectivity index (χ0n) is 8.76. The number of aromatic hydroxyl groups is 1. The highest BCUT2D eigenvalue weighted by Crippen LogP contribution is 2.17. The molecule has 0 atom stereocenters. The van der Waals surface area contributed by atoms with Gasteiger partial charge in [-0.3, -0.25) is 0 Å². The van der Waals surface area contributed by atoms with Crippen molar-refractivity contribution >= 4 is 5.69 Å². The molecule has 2 rings (SSSR count). The van der Waals surface area contributed by atoms with Crippen molar-refractivity contribution in [3.8, 4) is 11.5 Å². The van der Waals surface area contributed by atoms with Crippen molar-refractivity contribution in [3.05, 3.63) is 54.1 Å². The number of nitrogen functional groups attached to an aromatic ring is 1. The minimum atomic E-state index is 0.233. The largest absolute Gasteiger partial charge is 0.508 e. The van der Waals surface area contributed by atoms with Crippen molar-refractivity contribution in [2.45, 2.75) is 6.61 Å². The Morgan fingerprint density at radius 1 is 1.06 bits per heavy atom. The SMILES string of the molecule is Nc1cccc(COc2ccc(O)cc2)c1. The summed E-state index contributed by atoms with van der Waals surface area (Å²) < 4.78 is 5.54. The lowest BCUT2D eigenvalue weighted by Gasteiger charge is -2.06. The van der Waals surface area contributed by atoms with Crippen LogP contribution in [0.3, 0.4) is 0 Å². The normalized spacial score (nSPS) is 10.0. The summed E-state index contributed by atoms with van der Waals surface area (Å²) in [6, 6.07) is 14.2. The highest BCUT2D eigenvalue weighted by Gasteiger charge is 1.96. The molecule has 2 aromatic rings. The molecule has 0 spiro atoms. The van der Waals surface area contributed by atoms with E-state index in [-0.39, 0.29) is 5.75 Å². The molecule has 3 heteroatoms. The maximum atomic E-state index is 9.11. The lowest BCUT2D eigenvalue weighted by atomic mass is 10.2. The number of phenolic OH excluding ortho intramolecular Hbond substituents is 1. The van der Waals surface area contributed by atoms with Gasteiger partial charge in [-0.15, -0.1) is 0 Å². The Kier molecular flexibility index (Phi) is 2.96. The Hall–Kier alpha value is -2.16. The van der Waals surface area contributed by atoms with Gasteiger partial charge in [0.15, 0.2) is 0 Å². The second-order valence-electron chi connectivity index (χ2n) is 3.53. The van der Waals surface area contributed by atoms with E-state index in [4.69, 9.17) is 15.6 Å². The molecule has 82 valence electrons. The zero-order chi connectivity index (χ0) is 11.4. The predicted molar refractivity (Wildman–Crippen MR) is 63.3 cm³/mol. The molecule has 16 heavy (non-hydrogen) atoms. The minimum absolute atomic E-state index is 0.233. The molecule has 0 aliphatic carbocycles. The Bertz CT molecular complexity index is 466. The monoisotopic (exact) mass is 215 g/mol. The molecule has 0 fully saturated rings.